The Bertz CT molecular complexity index is 776. The molecule has 0 fully saturated rings. The third-order valence-electron chi connectivity index (χ3n) is 3.05. The number of benzene rings is 1. The number of pyridine rings is 1. The fourth-order valence-electron chi connectivity index (χ4n) is 1.92. The summed E-state index contributed by atoms with van der Waals surface area (Å²) in [6.07, 6.45) is 3.16. The number of hydrazone groups is 1. The highest BCUT2D eigenvalue weighted by atomic mass is 32.1. The summed E-state index contributed by atoms with van der Waals surface area (Å²) in [6.45, 7) is 1.89. The molecule has 4 nitrogen and oxygen atoms in total. The topological polar surface area (TPSA) is 54.4 Å². The Morgan fingerprint density at radius 2 is 1.95 bits per heavy atom. The lowest BCUT2D eigenvalue weighted by Gasteiger charge is -2.00. The van der Waals surface area contributed by atoms with Crippen molar-refractivity contribution >= 4 is 33.0 Å². The van der Waals surface area contributed by atoms with Gasteiger partial charge in [-0.25, -0.2) is 5.43 Å². The maximum Gasteiger partial charge on any atom is 0.271 e. The largest absolute Gasteiger partial charge is 0.271 e. The Balaban J connectivity index is 1.78. The molecule has 0 aliphatic carbocycles. The van der Waals surface area contributed by atoms with Gasteiger partial charge in [0.1, 0.15) is 0 Å². The normalized spacial score (nSPS) is 11.6. The van der Waals surface area contributed by atoms with Crippen LogP contribution in [0.1, 0.15) is 22.2 Å². The van der Waals surface area contributed by atoms with Crippen molar-refractivity contribution in [1.82, 2.24) is 10.4 Å². The molecule has 5 heteroatoms. The number of fused-ring (bicyclic) bond motifs is 1. The van der Waals surface area contributed by atoms with Crippen LogP contribution < -0.4 is 5.43 Å². The maximum absolute atomic E-state index is 11.9. The molecular formula is C16H13N3OS. The van der Waals surface area contributed by atoms with E-state index in [0.717, 1.165) is 10.6 Å². The first-order valence-corrected chi connectivity index (χ1v) is 7.29. The second-order valence-corrected chi connectivity index (χ2v) is 5.61. The van der Waals surface area contributed by atoms with Gasteiger partial charge < -0.3 is 0 Å². The number of hydrogen-bond acceptors (Lipinski definition) is 4. The number of nitrogens with zero attached hydrogens (tertiary/aromatic N) is 2. The molecule has 0 aliphatic heterocycles. The van der Waals surface area contributed by atoms with Gasteiger partial charge in [-0.05, 0) is 36.6 Å². The molecule has 0 spiro atoms. The van der Waals surface area contributed by atoms with Gasteiger partial charge in [-0.15, -0.1) is 11.3 Å². The average molecular weight is 295 g/mol. The van der Waals surface area contributed by atoms with Crippen LogP contribution in [0.25, 0.3) is 10.1 Å². The summed E-state index contributed by atoms with van der Waals surface area (Å²) >= 11 is 1.66. The smallest absolute Gasteiger partial charge is 0.267 e. The number of carbonyl (C=O) groups excluding carboxylic acids is 1. The summed E-state index contributed by atoms with van der Waals surface area (Å²) in [5.74, 6) is -0.238. The molecule has 104 valence electrons. The maximum atomic E-state index is 11.9. The second kappa shape index (κ2) is 5.85. The number of aromatic nitrogens is 1. The van der Waals surface area contributed by atoms with E-state index in [0.29, 0.717) is 5.56 Å². The molecule has 2 heterocycles. The number of thiophene rings is 1. The van der Waals surface area contributed by atoms with E-state index >= 15 is 0 Å². The lowest BCUT2D eigenvalue weighted by molar-refractivity contribution is 0.0954. The van der Waals surface area contributed by atoms with Gasteiger partial charge in [0, 0.05) is 22.7 Å². The molecule has 3 rings (SSSR count). The molecule has 0 saturated carbocycles. The zero-order chi connectivity index (χ0) is 14.7. The monoisotopic (exact) mass is 295 g/mol. The Morgan fingerprint density at radius 3 is 2.71 bits per heavy atom. The van der Waals surface area contributed by atoms with Gasteiger partial charge in [-0.2, -0.15) is 5.10 Å². The lowest BCUT2D eigenvalue weighted by atomic mass is 10.2. The summed E-state index contributed by atoms with van der Waals surface area (Å²) in [4.78, 5) is 16.8. The van der Waals surface area contributed by atoms with E-state index < -0.39 is 0 Å². The second-order valence-electron chi connectivity index (χ2n) is 4.52. The van der Waals surface area contributed by atoms with Crippen molar-refractivity contribution in [2.75, 3.05) is 0 Å². The van der Waals surface area contributed by atoms with Crippen LogP contribution in [0.3, 0.4) is 0 Å². The van der Waals surface area contributed by atoms with Crippen molar-refractivity contribution in [2.24, 2.45) is 5.10 Å². The quantitative estimate of drug-likeness (QED) is 0.594. The number of hydrogen-bond donors (Lipinski definition) is 1. The number of nitrogens with one attached hydrogen (secondary N) is 1. The predicted octanol–water partition coefficient (Wildman–Crippen LogP) is 3.45. The molecule has 0 aliphatic rings. The molecular weight excluding hydrogens is 282 g/mol. The zero-order valence-corrected chi connectivity index (χ0v) is 12.2. The molecule has 0 atom stereocenters. The number of rotatable bonds is 3. The number of carbonyl (C=O) groups is 1. The van der Waals surface area contributed by atoms with Crippen LogP contribution in [0.4, 0.5) is 0 Å². The zero-order valence-electron chi connectivity index (χ0n) is 11.4. The van der Waals surface area contributed by atoms with E-state index in [2.05, 4.69) is 33.7 Å². The van der Waals surface area contributed by atoms with Crippen LogP contribution in [0.5, 0.6) is 0 Å². The minimum atomic E-state index is -0.238. The molecule has 0 saturated heterocycles. The van der Waals surface area contributed by atoms with E-state index in [1.165, 1.54) is 10.1 Å². The van der Waals surface area contributed by atoms with Crippen LogP contribution in [-0.4, -0.2) is 16.6 Å². The van der Waals surface area contributed by atoms with Gasteiger partial charge in [0.2, 0.25) is 0 Å². The molecule has 1 amide bonds. The number of amides is 1. The van der Waals surface area contributed by atoms with Crippen molar-refractivity contribution in [3.05, 3.63) is 65.3 Å². The molecule has 1 aromatic carbocycles. The minimum absolute atomic E-state index is 0.238. The molecule has 0 bridgehead atoms. The first kappa shape index (κ1) is 13.5. The summed E-state index contributed by atoms with van der Waals surface area (Å²) in [5, 5.41) is 5.36. The van der Waals surface area contributed by atoms with E-state index in [1.807, 2.05) is 19.1 Å². The lowest BCUT2D eigenvalue weighted by Crippen LogP contribution is -2.19. The van der Waals surface area contributed by atoms with Crippen LogP contribution >= 0.6 is 11.3 Å². The first-order valence-electron chi connectivity index (χ1n) is 6.47. The standard InChI is InChI=1S/C16H13N3OS/c1-11(15-10-13-4-2-3-5-14(13)21-15)18-19-16(20)12-6-8-17-9-7-12/h2-10H,1H3,(H,19,20)/b18-11-. The van der Waals surface area contributed by atoms with Crippen LogP contribution in [0, 0.1) is 0 Å². The van der Waals surface area contributed by atoms with Crippen molar-refractivity contribution in [1.29, 1.82) is 0 Å². The highest BCUT2D eigenvalue weighted by Crippen LogP contribution is 2.25. The average Bonchev–Trinajstić information content (AvgIpc) is 2.97. The van der Waals surface area contributed by atoms with Crippen molar-refractivity contribution in [2.45, 2.75) is 6.92 Å². The molecule has 21 heavy (non-hydrogen) atoms. The third-order valence-corrected chi connectivity index (χ3v) is 4.27. The highest BCUT2D eigenvalue weighted by molar-refractivity contribution is 7.20. The van der Waals surface area contributed by atoms with E-state index in [4.69, 9.17) is 0 Å². The highest BCUT2D eigenvalue weighted by Gasteiger charge is 2.06. The fourth-order valence-corrected chi connectivity index (χ4v) is 2.93. The Hall–Kier alpha value is -2.53. The predicted molar refractivity (Wildman–Crippen MR) is 85.7 cm³/mol. The van der Waals surface area contributed by atoms with E-state index in [-0.39, 0.29) is 5.91 Å². The van der Waals surface area contributed by atoms with Gasteiger partial charge in [0.25, 0.3) is 5.91 Å². The van der Waals surface area contributed by atoms with Gasteiger partial charge in [-0.1, -0.05) is 18.2 Å². The molecule has 1 N–H and O–H groups in total. The van der Waals surface area contributed by atoms with Crippen molar-refractivity contribution < 1.29 is 4.79 Å². The van der Waals surface area contributed by atoms with Gasteiger partial charge in [-0.3, -0.25) is 9.78 Å². The summed E-state index contributed by atoms with van der Waals surface area (Å²) in [5.41, 5.74) is 3.90. The summed E-state index contributed by atoms with van der Waals surface area (Å²) in [7, 11) is 0. The molecule has 2 aromatic heterocycles. The van der Waals surface area contributed by atoms with Gasteiger partial charge >= 0.3 is 0 Å². The van der Waals surface area contributed by atoms with Crippen LogP contribution in [-0.2, 0) is 0 Å². The molecule has 3 aromatic rings. The fraction of sp³-hybridized carbons (Fsp3) is 0.0625. The molecule has 0 unspecified atom stereocenters. The Labute approximate surface area is 126 Å². The van der Waals surface area contributed by atoms with Crippen LogP contribution in [0.15, 0.2) is 60.0 Å². The molecule has 0 radical (unpaired) electrons. The summed E-state index contributed by atoms with van der Waals surface area (Å²) < 4.78 is 1.21. The Kier molecular flexibility index (Phi) is 3.75. The Morgan fingerprint density at radius 1 is 1.19 bits per heavy atom. The third kappa shape index (κ3) is 2.98. The van der Waals surface area contributed by atoms with Gasteiger partial charge in [0.05, 0.1) is 10.6 Å². The van der Waals surface area contributed by atoms with Crippen molar-refractivity contribution in [3.8, 4) is 0 Å². The van der Waals surface area contributed by atoms with E-state index in [9.17, 15) is 4.79 Å². The summed E-state index contributed by atoms with van der Waals surface area (Å²) in [6, 6.07) is 13.6. The minimum Gasteiger partial charge on any atom is -0.267 e. The van der Waals surface area contributed by atoms with Gasteiger partial charge in [0.15, 0.2) is 0 Å². The SMILES string of the molecule is C/C(=N/NC(=O)c1ccncc1)c1cc2ccccc2s1. The van der Waals surface area contributed by atoms with Crippen LogP contribution in [0.2, 0.25) is 0 Å². The van der Waals surface area contributed by atoms with Crippen molar-refractivity contribution in [3.63, 3.8) is 0 Å². The van der Waals surface area contributed by atoms with E-state index in [1.54, 1.807) is 35.9 Å². The first-order chi connectivity index (χ1) is 10.2.